The summed E-state index contributed by atoms with van der Waals surface area (Å²) in [4.78, 5) is 39.7. The summed E-state index contributed by atoms with van der Waals surface area (Å²) in [6.07, 6.45) is -4.61. The molecule has 196 valence electrons. The molecule has 0 spiro atoms. The maximum absolute atomic E-state index is 14.8. The van der Waals surface area contributed by atoms with E-state index in [1.807, 2.05) is 0 Å². The van der Waals surface area contributed by atoms with Crippen molar-refractivity contribution in [2.45, 2.75) is 19.1 Å². The lowest BCUT2D eigenvalue weighted by molar-refractivity contribution is -0.153. The molecule has 1 fully saturated rings. The SMILES string of the molecule is CCN(CC(F)(F)F)[C@H](CNC(=O)c1ccc(Cl)s1)C(=O)Nc1ccc(N2CCOCC2=O)cc1F. The number of halogens is 5. The van der Waals surface area contributed by atoms with Crippen molar-refractivity contribution in [3.8, 4) is 0 Å². The van der Waals surface area contributed by atoms with E-state index in [-0.39, 0.29) is 48.5 Å². The summed E-state index contributed by atoms with van der Waals surface area (Å²) in [7, 11) is 0. The Kier molecular flexibility index (Phi) is 9.28. The highest BCUT2D eigenvalue weighted by Crippen LogP contribution is 2.25. The Morgan fingerprint density at radius 2 is 2.03 bits per heavy atom. The fourth-order valence-corrected chi connectivity index (χ4v) is 4.51. The van der Waals surface area contributed by atoms with Gasteiger partial charge in [-0.05, 0) is 36.9 Å². The molecule has 0 radical (unpaired) electrons. The maximum atomic E-state index is 14.8. The summed E-state index contributed by atoms with van der Waals surface area (Å²) in [5.74, 6) is -2.79. The summed E-state index contributed by atoms with van der Waals surface area (Å²) in [6, 6.07) is 5.14. The summed E-state index contributed by atoms with van der Waals surface area (Å²) in [6.45, 7) is -0.250. The van der Waals surface area contributed by atoms with Crippen LogP contribution in [0.2, 0.25) is 4.34 Å². The van der Waals surface area contributed by atoms with E-state index in [1.165, 1.54) is 36.1 Å². The number of alkyl halides is 3. The fourth-order valence-electron chi connectivity index (χ4n) is 3.55. The van der Waals surface area contributed by atoms with Gasteiger partial charge >= 0.3 is 6.18 Å². The van der Waals surface area contributed by atoms with Gasteiger partial charge in [0.2, 0.25) is 5.91 Å². The van der Waals surface area contributed by atoms with Crippen LogP contribution in [-0.4, -0.2) is 74.2 Å². The van der Waals surface area contributed by atoms with Crippen LogP contribution in [0.25, 0.3) is 0 Å². The first kappa shape index (κ1) is 27.8. The van der Waals surface area contributed by atoms with Crippen LogP contribution < -0.4 is 15.5 Å². The number of morpholine rings is 1. The molecule has 0 unspecified atom stereocenters. The topological polar surface area (TPSA) is 91.0 Å². The number of rotatable bonds is 9. The zero-order valence-corrected chi connectivity index (χ0v) is 20.6. The molecule has 0 saturated carbocycles. The molecule has 2 aromatic rings. The Balaban J connectivity index is 1.77. The van der Waals surface area contributed by atoms with Gasteiger partial charge in [-0.25, -0.2) is 4.39 Å². The third-order valence-electron chi connectivity index (χ3n) is 5.29. The molecule has 1 atom stereocenters. The minimum absolute atomic E-state index is 0.142. The molecule has 2 heterocycles. The van der Waals surface area contributed by atoms with Crippen LogP contribution in [-0.2, 0) is 14.3 Å². The predicted molar refractivity (Wildman–Crippen MR) is 127 cm³/mol. The minimum Gasteiger partial charge on any atom is -0.370 e. The lowest BCUT2D eigenvalue weighted by atomic mass is 10.2. The lowest BCUT2D eigenvalue weighted by Gasteiger charge is -2.30. The van der Waals surface area contributed by atoms with Crippen molar-refractivity contribution in [1.82, 2.24) is 10.2 Å². The smallest absolute Gasteiger partial charge is 0.370 e. The highest BCUT2D eigenvalue weighted by atomic mass is 35.5. The molecule has 0 bridgehead atoms. The Labute approximate surface area is 213 Å². The van der Waals surface area contributed by atoms with Gasteiger partial charge < -0.3 is 20.3 Å². The van der Waals surface area contributed by atoms with E-state index in [2.05, 4.69) is 10.6 Å². The number of hydrogen-bond acceptors (Lipinski definition) is 6. The number of likely N-dealkylation sites (N-methyl/N-ethyl adjacent to an activating group) is 1. The number of benzene rings is 1. The van der Waals surface area contributed by atoms with Gasteiger partial charge in [0, 0.05) is 18.8 Å². The number of nitrogens with zero attached hydrogens (tertiary/aromatic N) is 2. The number of amides is 3. The van der Waals surface area contributed by atoms with Crippen molar-refractivity contribution < 1.29 is 36.7 Å². The minimum atomic E-state index is -4.61. The molecule has 14 heteroatoms. The van der Waals surface area contributed by atoms with Crippen molar-refractivity contribution in [2.24, 2.45) is 0 Å². The van der Waals surface area contributed by atoms with Gasteiger partial charge in [-0.1, -0.05) is 18.5 Å². The first-order chi connectivity index (χ1) is 17.0. The Hall–Kier alpha value is -2.74. The fraction of sp³-hybridized carbons (Fsp3) is 0.409. The van der Waals surface area contributed by atoms with E-state index in [0.717, 1.165) is 22.3 Å². The zero-order valence-electron chi connectivity index (χ0n) is 19.0. The molecule has 1 aromatic heterocycles. The van der Waals surface area contributed by atoms with Crippen molar-refractivity contribution >= 4 is 52.0 Å². The second-order valence-electron chi connectivity index (χ2n) is 7.76. The average molecular weight is 551 g/mol. The molecule has 1 aliphatic rings. The van der Waals surface area contributed by atoms with Crippen LogP contribution in [0.15, 0.2) is 30.3 Å². The number of ether oxygens (including phenoxy) is 1. The maximum Gasteiger partial charge on any atom is 0.401 e. The lowest BCUT2D eigenvalue weighted by Crippen LogP contribution is -2.53. The van der Waals surface area contributed by atoms with Crippen LogP contribution in [0.1, 0.15) is 16.6 Å². The van der Waals surface area contributed by atoms with Gasteiger partial charge in [0.1, 0.15) is 18.5 Å². The Morgan fingerprint density at radius 3 is 2.61 bits per heavy atom. The zero-order chi connectivity index (χ0) is 26.5. The summed E-state index contributed by atoms with van der Waals surface area (Å²) in [5, 5.41) is 4.74. The molecule has 1 saturated heterocycles. The molecule has 1 aromatic carbocycles. The molecule has 3 amide bonds. The number of thiophene rings is 1. The second kappa shape index (κ2) is 12.0. The standard InChI is InChI=1S/C22H23ClF4N4O4S/c1-2-30(12-22(25,26)27)16(10-28-21(34)17-5-6-18(23)36-17)20(33)29-15-4-3-13(9-14(15)24)31-7-8-35-11-19(31)32/h3-6,9,16H,2,7-8,10-12H2,1H3,(H,28,34)(H,29,33)/t16-/m1/s1. The van der Waals surface area contributed by atoms with Gasteiger partial charge in [0.25, 0.3) is 11.8 Å². The van der Waals surface area contributed by atoms with Gasteiger partial charge in [-0.2, -0.15) is 13.2 Å². The van der Waals surface area contributed by atoms with Crippen molar-refractivity contribution in [3.63, 3.8) is 0 Å². The monoisotopic (exact) mass is 550 g/mol. The largest absolute Gasteiger partial charge is 0.401 e. The Morgan fingerprint density at radius 1 is 1.28 bits per heavy atom. The third-order valence-corrected chi connectivity index (χ3v) is 6.52. The normalized spacial score (nSPS) is 15.2. The van der Waals surface area contributed by atoms with Crippen LogP contribution in [0.4, 0.5) is 28.9 Å². The van der Waals surface area contributed by atoms with Crippen LogP contribution in [0, 0.1) is 5.82 Å². The van der Waals surface area contributed by atoms with Crippen LogP contribution >= 0.6 is 22.9 Å². The second-order valence-corrected chi connectivity index (χ2v) is 9.47. The first-order valence-electron chi connectivity index (χ1n) is 10.8. The van der Waals surface area contributed by atoms with Gasteiger partial charge in [0.05, 0.1) is 28.1 Å². The first-order valence-corrected chi connectivity index (χ1v) is 12.0. The average Bonchev–Trinajstić information content (AvgIpc) is 3.25. The molecular formula is C22H23ClF4N4O4S. The number of nitrogens with one attached hydrogen (secondary N) is 2. The van der Waals surface area contributed by atoms with E-state index in [1.54, 1.807) is 0 Å². The van der Waals surface area contributed by atoms with Crippen molar-refractivity contribution in [3.05, 3.63) is 45.4 Å². The molecular weight excluding hydrogens is 528 g/mol. The van der Waals surface area contributed by atoms with E-state index in [0.29, 0.717) is 4.34 Å². The molecule has 2 N–H and O–H groups in total. The molecule has 0 aliphatic carbocycles. The quantitative estimate of drug-likeness (QED) is 0.466. The number of anilines is 2. The number of carbonyl (C=O) groups excluding carboxylic acids is 3. The number of hydrogen-bond donors (Lipinski definition) is 2. The van der Waals surface area contributed by atoms with Gasteiger partial charge in [-0.3, -0.25) is 19.3 Å². The van der Waals surface area contributed by atoms with Gasteiger partial charge in [-0.15, -0.1) is 11.3 Å². The predicted octanol–water partition coefficient (Wildman–Crippen LogP) is 3.53. The van der Waals surface area contributed by atoms with Crippen LogP contribution in [0.5, 0.6) is 0 Å². The van der Waals surface area contributed by atoms with Crippen molar-refractivity contribution in [1.29, 1.82) is 0 Å². The van der Waals surface area contributed by atoms with E-state index in [9.17, 15) is 31.9 Å². The van der Waals surface area contributed by atoms with Gasteiger partial charge in [0.15, 0.2) is 0 Å². The van der Waals surface area contributed by atoms with E-state index in [4.69, 9.17) is 16.3 Å². The highest BCUT2D eigenvalue weighted by Gasteiger charge is 2.36. The molecule has 8 nitrogen and oxygen atoms in total. The highest BCUT2D eigenvalue weighted by molar-refractivity contribution is 7.18. The number of carbonyl (C=O) groups is 3. The van der Waals surface area contributed by atoms with Crippen LogP contribution in [0.3, 0.4) is 0 Å². The third kappa shape index (κ3) is 7.38. The molecule has 3 rings (SSSR count). The van der Waals surface area contributed by atoms with Crippen molar-refractivity contribution in [2.75, 3.05) is 49.6 Å². The molecule has 36 heavy (non-hydrogen) atoms. The van der Waals surface area contributed by atoms with E-state index < -0.39 is 42.9 Å². The summed E-state index contributed by atoms with van der Waals surface area (Å²) in [5.41, 5.74) is -0.0293. The summed E-state index contributed by atoms with van der Waals surface area (Å²) < 4.78 is 59.6. The summed E-state index contributed by atoms with van der Waals surface area (Å²) >= 11 is 6.79. The Bertz CT molecular complexity index is 1110. The molecule has 1 aliphatic heterocycles. The van der Waals surface area contributed by atoms with E-state index >= 15 is 0 Å².